The first kappa shape index (κ1) is 20.6. The first-order valence-corrected chi connectivity index (χ1v) is 9.57. The van der Waals surface area contributed by atoms with E-state index in [4.69, 9.17) is 9.47 Å². The summed E-state index contributed by atoms with van der Waals surface area (Å²) in [5.74, 6) is 1.33. The maximum absolute atomic E-state index is 12.3. The van der Waals surface area contributed by atoms with Crippen LogP contribution >= 0.6 is 0 Å². The highest BCUT2D eigenvalue weighted by atomic mass is 16.5. The fourth-order valence-corrected chi connectivity index (χ4v) is 3.04. The third-order valence-corrected chi connectivity index (χ3v) is 4.71. The molecule has 1 fully saturated rings. The van der Waals surface area contributed by atoms with Gasteiger partial charge in [0.2, 0.25) is 11.8 Å². The summed E-state index contributed by atoms with van der Waals surface area (Å²) in [6.45, 7) is 2.84. The van der Waals surface area contributed by atoms with Crippen LogP contribution in [-0.4, -0.2) is 68.2 Å². The van der Waals surface area contributed by atoms with Gasteiger partial charge in [-0.3, -0.25) is 9.59 Å². The Labute approximate surface area is 170 Å². The second-order valence-electron chi connectivity index (χ2n) is 6.67. The molecule has 1 aromatic carbocycles. The van der Waals surface area contributed by atoms with Crippen LogP contribution in [0.15, 0.2) is 48.7 Å². The highest BCUT2D eigenvalue weighted by molar-refractivity contribution is 5.79. The fourth-order valence-electron chi connectivity index (χ4n) is 3.04. The van der Waals surface area contributed by atoms with Gasteiger partial charge in [-0.2, -0.15) is 0 Å². The Morgan fingerprint density at radius 2 is 1.79 bits per heavy atom. The average molecular weight is 398 g/mol. The number of rotatable bonds is 8. The van der Waals surface area contributed by atoms with Crippen LogP contribution in [0.1, 0.15) is 5.56 Å². The van der Waals surface area contributed by atoms with Crippen molar-refractivity contribution in [2.24, 2.45) is 0 Å². The standard InChI is InChI=1S/C21H26N4O4/c1-28-18-7-5-17(6-8-18)14-23-20(26)15-29-16-21(27)25-12-10-24(11-13-25)19-4-2-3-9-22-19/h2-9H,10-16H2,1H3,(H,23,26). The van der Waals surface area contributed by atoms with Crippen molar-refractivity contribution in [1.29, 1.82) is 0 Å². The van der Waals surface area contributed by atoms with Gasteiger partial charge in [0, 0.05) is 38.9 Å². The molecular formula is C21H26N4O4. The van der Waals surface area contributed by atoms with Crippen LogP contribution in [0, 0.1) is 0 Å². The molecule has 154 valence electrons. The summed E-state index contributed by atoms with van der Waals surface area (Å²) >= 11 is 0. The monoisotopic (exact) mass is 398 g/mol. The molecule has 1 aromatic heterocycles. The summed E-state index contributed by atoms with van der Waals surface area (Å²) < 4.78 is 10.4. The van der Waals surface area contributed by atoms with E-state index >= 15 is 0 Å². The summed E-state index contributed by atoms with van der Waals surface area (Å²) in [6, 6.07) is 13.2. The SMILES string of the molecule is COc1ccc(CNC(=O)COCC(=O)N2CCN(c3ccccn3)CC2)cc1. The minimum atomic E-state index is -0.256. The lowest BCUT2D eigenvalue weighted by atomic mass is 10.2. The van der Waals surface area contributed by atoms with Crippen molar-refractivity contribution < 1.29 is 19.1 Å². The second kappa shape index (κ2) is 10.4. The van der Waals surface area contributed by atoms with Crippen molar-refractivity contribution in [3.63, 3.8) is 0 Å². The van der Waals surface area contributed by atoms with Crippen molar-refractivity contribution in [1.82, 2.24) is 15.2 Å². The number of methoxy groups -OCH3 is 1. The molecule has 2 aromatic rings. The van der Waals surface area contributed by atoms with E-state index < -0.39 is 0 Å². The molecule has 1 aliphatic rings. The molecular weight excluding hydrogens is 372 g/mol. The zero-order valence-electron chi connectivity index (χ0n) is 16.5. The van der Waals surface area contributed by atoms with Gasteiger partial charge in [0.1, 0.15) is 24.8 Å². The molecule has 0 radical (unpaired) electrons. The highest BCUT2D eigenvalue weighted by Gasteiger charge is 2.21. The zero-order chi connectivity index (χ0) is 20.5. The molecule has 0 saturated carbocycles. The number of piperazine rings is 1. The van der Waals surface area contributed by atoms with Crippen LogP contribution in [0.5, 0.6) is 5.75 Å². The number of aromatic nitrogens is 1. The summed E-state index contributed by atoms with van der Waals surface area (Å²) in [5, 5.41) is 2.77. The molecule has 1 N–H and O–H groups in total. The molecule has 1 saturated heterocycles. The van der Waals surface area contributed by atoms with E-state index in [1.54, 1.807) is 18.2 Å². The topological polar surface area (TPSA) is 84.0 Å². The Morgan fingerprint density at radius 1 is 1.03 bits per heavy atom. The molecule has 8 heteroatoms. The number of hydrogen-bond acceptors (Lipinski definition) is 6. The molecule has 0 atom stereocenters. The molecule has 0 aliphatic carbocycles. The number of nitrogens with one attached hydrogen (secondary N) is 1. The van der Waals surface area contributed by atoms with Crippen molar-refractivity contribution in [3.8, 4) is 5.75 Å². The van der Waals surface area contributed by atoms with Crippen LogP contribution in [-0.2, 0) is 20.9 Å². The molecule has 0 bridgehead atoms. The quantitative estimate of drug-likeness (QED) is 0.716. The largest absolute Gasteiger partial charge is 0.497 e. The number of pyridine rings is 1. The normalized spacial score (nSPS) is 13.8. The van der Waals surface area contributed by atoms with Crippen LogP contribution in [0.3, 0.4) is 0 Å². The first-order valence-electron chi connectivity index (χ1n) is 9.57. The number of carbonyl (C=O) groups is 2. The molecule has 0 unspecified atom stereocenters. The van der Waals surface area contributed by atoms with E-state index in [0.29, 0.717) is 19.6 Å². The smallest absolute Gasteiger partial charge is 0.248 e. The predicted octanol–water partition coefficient (Wildman–Crippen LogP) is 1.07. The summed E-state index contributed by atoms with van der Waals surface area (Å²) in [5.41, 5.74) is 0.959. The van der Waals surface area contributed by atoms with Crippen molar-refractivity contribution in [2.45, 2.75) is 6.54 Å². The third-order valence-electron chi connectivity index (χ3n) is 4.71. The number of hydrogen-bond donors (Lipinski definition) is 1. The van der Waals surface area contributed by atoms with Gasteiger partial charge in [-0.05, 0) is 29.8 Å². The number of nitrogens with zero attached hydrogens (tertiary/aromatic N) is 3. The summed E-state index contributed by atoms with van der Waals surface area (Å²) in [7, 11) is 1.61. The van der Waals surface area contributed by atoms with Gasteiger partial charge in [-0.1, -0.05) is 18.2 Å². The number of carbonyl (C=O) groups excluding carboxylic acids is 2. The van der Waals surface area contributed by atoms with Gasteiger partial charge in [-0.15, -0.1) is 0 Å². The fraction of sp³-hybridized carbons (Fsp3) is 0.381. The molecule has 2 heterocycles. The highest BCUT2D eigenvalue weighted by Crippen LogP contribution is 2.13. The molecule has 0 spiro atoms. The Kier molecular flexibility index (Phi) is 7.40. The van der Waals surface area contributed by atoms with Gasteiger partial charge in [0.05, 0.1) is 7.11 Å². The lowest BCUT2D eigenvalue weighted by Gasteiger charge is -2.35. The molecule has 3 rings (SSSR count). The van der Waals surface area contributed by atoms with Gasteiger partial charge >= 0.3 is 0 Å². The van der Waals surface area contributed by atoms with Crippen LogP contribution < -0.4 is 15.0 Å². The maximum Gasteiger partial charge on any atom is 0.248 e. The van der Waals surface area contributed by atoms with E-state index in [1.165, 1.54) is 0 Å². The predicted molar refractivity (Wildman–Crippen MR) is 109 cm³/mol. The number of anilines is 1. The van der Waals surface area contributed by atoms with Crippen molar-refractivity contribution in [3.05, 3.63) is 54.2 Å². The molecule has 29 heavy (non-hydrogen) atoms. The molecule has 8 nitrogen and oxygen atoms in total. The minimum absolute atomic E-state index is 0.0977. The van der Waals surface area contributed by atoms with Crippen LogP contribution in [0.4, 0.5) is 5.82 Å². The van der Waals surface area contributed by atoms with Crippen molar-refractivity contribution in [2.75, 3.05) is 51.4 Å². The van der Waals surface area contributed by atoms with E-state index in [-0.39, 0.29) is 25.0 Å². The average Bonchev–Trinajstić information content (AvgIpc) is 2.78. The van der Waals surface area contributed by atoms with Crippen LogP contribution in [0.2, 0.25) is 0 Å². The van der Waals surface area contributed by atoms with Crippen molar-refractivity contribution >= 4 is 17.6 Å². The lowest BCUT2D eigenvalue weighted by molar-refractivity contribution is -0.138. The maximum atomic E-state index is 12.3. The van der Waals surface area contributed by atoms with Gasteiger partial charge < -0.3 is 24.6 Å². The third kappa shape index (κ3) is 6.18. The Hall–Kier alpha value is -3.13. The Balaban J connectivity index is 1.32. The van der Waals surface area contributed by atoms with Gasteiger partial charge in [0.15, 0.2) is 0 Å². The van der Waals surface area contributed by atoms with E-state index in [0.717, 1.165) is 30.2 Å². The van der Waals surface area contributed by atoms with E-state index in [2.05, 4.69) is 15.2 Å². The van der Waals surface area contributed by atoms with E-state index in [9.17, 15) is 9.59 Å². The number of ether oxygens (including phenoxy) is 2. The molecule has 2 amide bonds. The Bertz CT molecular complexity index is 790. The number of amides is 2. The number of benzene rings is 1. The van der Waals surface area contributed by atoms with Gasteiger partial charge in [-0.25, -0.2) is 4.98 Å². The zero-order valence-corrected chi connectivity index (χ0v) is 16.5. The van der Waals surface area contributed by atoms with E-state index in [1.807, 2.05) is 42.5 Å². The lowest BCUT2D eigenvalue weighted by Crippen LogP contribution is -2.50. The first-order chi connectivity index (χ1) is 14.2. The molecule has 1 aliphatic heterocycles. The minimum Gasteiger partial charge on any atom is -0.497 e. The van der Waals surface area contributed by atoms with Crippen LogP contribution in [0.25, 0.3) is 0 Å². The van der Waals surface area contributed by atoms with Gasteiger partial charge in [0.25, 0.3) is 0 Å². The Morgan fingerprint density at radius 3 is 2.45 bits per heavy atom. The second-order valence-corrected chi connectivity index (χ2v) is 6.67. The summed E-state index contributed by atoms with van der Waals surface area (Å²) in [4.78, 5) is 32.4. The summed E-state index contributed by atoms with van der Waals surface area (Å²) in [6.07, 6.45) is 1.76.